The van der Waals surface area contributed by atoms with Crippen LogP contribution in [0.4, 0.5) is 10.5 Å². The quantitative estimate of drug-likeness (QED) is 0.815. The highest BCUT2D eigenvalue weighted by atomic mass is 35.5. The van der Waals surface area contributed by atoms with Crippen molar-refractivity contribution in [2.45, 2.75) is 20.4 Å². The fraction of sp³-hybridized carbons (Fsp3) is 0.421. The van der Waals surface area contributed by atoms with E-state index in [0.29, 0.717) is 47.8 Å². The van der Waals surface area contributed by atoms with Crippen LogP contribution in [-0.2, 0) is 6.54 Å². The molecule has 9 heteroatoms. The van der Waals surface area contributed by atoms with Gasteiger partial charge in [-0.1, -0.05) is 23.2 Å². The Bertz CT molecular complexity index is 849. The van der Waals surface area contributed by atoms with Crippen molar-refractivity contribution in [1.82, 2.24) is 20.2 Å². The zero-order valence-corrected chi connectivity index (χ0v) is 17.6. The average Bonchev–Trinajstić information content (AvgIpc) is 2.67. The average molecular weight is 424 g/mol. The molecule has 0 unspecified atom stereocenters. The van der Waals surface area contributed by atoms with Crippen LogP contribution < -0.4 is 15.0 Å². The molecule has 1 aromatic heterocycles. The van der Waals surface area contributed by atoms with Gasteiger partial charge in [-0.2, -0.15) is 0 Å². The standard InChI is InChI=1S/C19H23Cl2N5O2/c1-12-13(2)24-18(28-3)17(23-12)11-22-19(27)26-6-4-25(5-7-26)16-9-14(20)8-15(21)10-16/h8-10H,4-7,11H2,1-3H3,(H,22,27). The summed E-state index contributed by atoms with van der Waals surface area (Å²) in [6.45, 7) is 6.64. The molecule has 3 rings (SSSR count). The van der Waals surface area contributed by atoms with Crippen LogP contribution in [0.1, 0.15) is 17.1 Å². The Morgan fingerprint density at radius 1 is 1.07 bits per heavy atom. The van der Waals surface area contributed by atoms with Crippen LogP contribution in [0.2, 0.25) is 10.0 Å². The van der Waals surface area contributed by atoms with Gasteiger partial charge in [0.1, 0.15) is 5.69 Å². The Labute approximate surface area is 174 Å². The molecule has 0 atom stereocenters. The van der Waals surface area contributed by atoms with Gasteiger partial charge in [0.05, 0.1) is 25.0 Å². The summed E-state index contributed by atoms with van der Waals surface area (Å²) in [6, 6.07) is 5.34. The van der Waals surface area contributed by atoms with E-state index in [1.54, 1.807) is 18.1 Å². The highest BCUT2D eigenvalue weighted by Crippen LogP contribution is 2.26. The smallest absolute Gasteiger partial charge is 0.317 e. The Morgan fingerprint density at radius 3 is 2.29 bits per heavy atom. The number of hydrogen-bond acceptors (Lipinski definition) is 5. The van der Waals surface area contributed by atoms with Gasteiger partial charge in [0, 0.05) is 41.9 Å². The second-order valence-electron chi connectivity index (χ2n) is 6.61. The maximum atomic E-state index is 12.5. The molecule has 0 radical (unpaired) electrons. The Hall–Kier alpha value is -2.25. The van der Waals surface area contributed by atoms with Gasteiger partial charge in [-0.15, -0.1) is 0 Å². The topological polar surface area (TPSA) is 70.6 Å². The highest BCUT2D eigenvalue weighted by Gasteiger charge is 2.22. The summed E-state index contributed by atoms with van der Waals surface area (Å²) in [5, 5.41) is 4.11. The number of halogens is 2. The van der Waals surface area contributed by atoms with Gasteiger partial charge in [0.25, 0.3) is 0 Å². The number of rotatable bonds is 4. The summed E-state index contributed by atoms with van der Waals surface area (Å²) in [5.41, 5.74) is 3.21. The molecule has 2 aromatic rings. The van der Waals surface area contributed by atoms with Crippen LogP contribution in [0.3, 0.4) is 0 Å². The second kappa shape index (κ2) is 8.84. The minimum Gasteiger partial charge on any atom is -0.480 e. The molecule has 2 heterocycles. The summed E-state index contributed by atoms with van der Waals surface area (Å²) < 4.78 is 5.27. The van der Waals surface area contributed by atoms with Crippen molar-refractivity contribution < 1.29 is 9.53 Å². The highest BCUT2D eigenvalue weighted by molar-refractivity contribution is 6.35. The lowest BCUT2D eigenvalue weighted by Crippen LogP contribution is -2.51. The first-order chi connectivity index (χ1) is 13.4. The largest absolute Gasteiger partial charge is 0.480 e. The summed E-state index contributed by atoms with van der Waals surface area (Å²) in [5.74, 6) is 0.436. The molecule has 150 valence electrons. The van der Waals surface area contributed by atoms with Gasteiger partial charge in [0.15, 0.2) is 0 Å². The van der Waals surface area contributed by atoms with Crippen molar-refractivity contribution >= 4 is 34.9 Å². The number of anilines is 1. The van der Waals surface area contributed by atoms with E-state index in [0.717, 1.165) is 17.1 Å². The van der Waals surface area contributed by atoms with E-state index >= 15 is 0 Å². The van der Waals surface area contributed by atoms with E-state index in [9.17, 15) is 4.79 Å². The number of benzene rings is 1. The maximum Gasteiger partial charge on any atom is 0.317 e. The molecule has 1 aliphatic rings. The third kappa shape index (κ3) is 4.77. The normalized spacial score (nSPS) is 14.2. The molecule has 1 aromatic carbocycles. The third-order valence-electron chi connectivity index (χ3n) is 4.72. The van der Waals surface area contributed by atoms with E-state index < -0.39 is 0 Å². The molecule has 7 nitrogen and oxygen atoms in total. The number of ether oxygens (including phenoxy) is 1. The van der Waals surface area contributed by atoms with E-state index in [1.165, 1.54) is 0 Å². The molecule has 1 fully saturated rings. The molecular formula is C19H23Cl2N5O2. The molecular weight excluding hydrogens is 401 g/mol. The molecule has 1 N–H and O–H groups in total. The third-order valence-corrected chi connectivity index (χ3v) is 5.16. The zero-order chi connectivity index (χ0) is 20.3. The van der Waals surface area contributed by atoms with Crippen molar-refractivity contribution in [3.8, 4) is 5.88 Å². The van der Waals surface area contributed by atoms with Gasteiger partial charge in [0.2, 0.25) is 5.88 Å². The molecule has 0 aliphatic carbocycles. The lowest BCUT2D eigenvalue weighted by molar-refractivity contribution is 0.193. The summed E-state index contributed by atoms with van der Waals surface area (Å²) in [4.78, 5) is 25.3. The minimum absolute atomic E-state index is 0.133. The Morgan fingerprint density at radius 2 is 1.68 bits per heavy atom. The summed E-state index contributed by atoms with van der Waals surface area (Å²) >= 11 is 12.2. The molecule has 0 bridgehead atoms. The fourth-order valence-corrected chi connectivity index (χ4v) is 3.58. The predicted octanol–water partition coefficient (Wildman–Crippen LogP) is 3.44. The van der Waals surface area contributed by atoms with E-state index in [-0.39, 0.29) is 12.6 Å². The molecule has 0 spiro atoms. The first kappa shape index (κ1) is 20.5. The van der Waals surface area contributed by atoms with Crippen molar-refractivity contribution in [3.05, 3.63) is 45.3 Å². The van der Waals surface area contributed by atoms with E-state index in [4.69, 9.17) is 27.9 Å². The number of hydrogen-bond donors (Lipinski definition) is 1. The lowest BCUT2D eigenvalue weighted by atomic mass is 10.2. The summed E-state index contributed by atoms with van der Waals surface area (Å²) in [6.07, 6.45) is 0. The number of nitrogens with one attached hydrogen (secondary N) is 1. The van der Waals surface area contributed by atoms with E-state index in [1.807, 2.05) is 26.0 Å². The van der Waals surface area contributed by atoms with Gasteiger partial charge in [-0.25, -0.2) is 14.8 Å². The predicted molar refractivity (Wildman–Crippen MR) is 111 cm³/mol. The van der Waals surface area contributed by atoms with Crippen molar-refractivity contribution in [2.75, 3.05) is 38.2 Å². The molecule has 2 amide bonds. The molecule has 28 heavy (non-hydrogen) atoms. The number of carbonyl (C=O) groups excluding carboxylic acids is 1. The first-order valence-electron chi connectivity index (χ1n) is 8.99. The maximum absolute atomic E-state index is 12.5. The van der Waals surface area contributed by atoms with Gasteiger partial charge in [-0.05, 0) is 32.0 Å². The van der Waals surface area contributed by atoms with Gasteiger partial charge < -0.3 is 19.9 Å². The summed E-state index contributed by atoms with van der Waals surface area (Å²) in [7, 11) is 1.55. The Balaban J connectivity index is 1.56. The molecule has 1 aliphatic heterocycles. The van der Waals surface area contributed by atoms with Crippen LogP contribution in [0.5, 0.6) is 5.88 Å². The van der Waals surface area contributed by atoms with Crippen LogP contribution >= 0.6 is 23.2 Å². The monoisotopic (exact) mass is 423 g/mol. The number of aromatic nitrogens is 2. The van der Waals surface area contributed by atoms with Crippen molar-refractivity contribution in [1.29, 1.82) is 0 Å². The number of methoxy groups -OCH3 is 1. The first-order valence-corrected chi connectivity index (χ1v) is 9.75. The lowest BCUT2D eigenvalue weighted by Gasteiger charge is -2.36. The van der Waals surface area contributed by atoms with E-state index in [2.05, 4.69) is 20.2 Å². The number of nitrogens with zero attached hydrogens (tertiary/aromatic N) is 4. The number of piperazine rings is 1. The number of aryl methyl sites for hydroxylation is 2. The number of amides is 2. The van der Waals surface area contributed by atoms with Gasteiger partial charge in [-0.3, -0.25) is 0 Å². The minimum atomic E-state index is -0.133. The Kier molecular flexibility index (Phi) is 6.46. The van der Waals surface area contributed by atoms with Gasteiger partial charge >= 0.3 is 6.03 Å². The second-order valence-corrected chi connectivity index (χ2v) is 7.48. The van der Waals surface area contributed by atoms with Crippen molar-refractivity contribution in [3.63, 3.8) is 0 Å². The SMILES string of the molecule is COc1nc(C)c(C)nc1CNC(=O)N1CCN(c2cc(Cl)cc(Cl)c2)CC1. The van der Waals surface area contributed by atoms with Crippen LogP contribution in [0.25, 0.3) is 0 Å². The van der Waals surface area contributed by atoms with Crippen LogP contribution in [0, 0.1) is 13.8 Å². The number of carbonyl (C=O) groups is 1. The van der Waals surface area contributed by atoms with Crippen molar-refractivity contribution in [2.24, 2.45) is 0 Å². The zero-order valence-electron chi connectivity index (χ0n) is 16.1. The van der Waals surface area contributed by atoms with Crippen LogP contribution in [0.15, 0.2) is 18.2 Å². The number of urea groups is 1. The molecule has 0 saturated carbocycles. The fourth-order valence-electron chi connectivity index (χ4n) is 3.07. The molecule has 1 saturated heterocycles. The van der Waals surface area contributed by atoms with Crippen LogP contribution in [-0.4, -0.2) is 54.2 Å².